The molecule has 0 aliphatic heterocycles. The highest BCUT2D eigenvalue weighted by Gasteiger charge is 2.38. The maximum Gasteiger partial charge on any atom is 0.471 e. The van der Waals surface area contributed by atoms with Gasteiger partial charge in [0, 0.05) is 17.0 Å². The summed E-state index contributed by atoms with van der Waals surface area (Å²) in [6, 6.07) is 6.45. The molecule has 0 bridgehead atoms. The minimum atomic E-state index is -4.66. The first-order valence-corrected chi connectivity index (χ1v) is 6.86. The predicted octanol–water partition coefficient (Wildman–Crippen LogP) is 3.68. The Morgan fingerprint density at radius 1 is 0.913 bits per heavy atom. The Kier molecular flexibility index (Phi) is 2.97. The number of rotatable bonds is 3. The Morgan fingerprint density at radius 3 is 2.22 bits per heavy atom. The van der Waals surface area contributed by atoms with Crippen molar-refractivity contribution in [3.8, 4) is 22.8 Å². The molecule has 6 nitrogen and oxygen atoms in total. The molecule has 2 aromatic heterocycles. The van der Waals surface area contributed by atoms with Gasteiger partial charge in [-0.25, -0.2) is 0 Å². The molecule has 0 spiro atoms. The molecule has 0 amide bonds. The van der Waals surface area contributed by atoms with E-state index in [1.165, 1.54) is 0 Å². The summed E-state index contributed by atoms with van der Waals surface area (Å²) in [6.45, 7) is 0. The van der Waals surface area contributed by atoms with Gasteiger partial charge in [-0.15, -0.1) is 0 Å². The summed E-state index contributed by atoms with van der Waals surface area (Å²) < 4.78 is 46.7. The fraction of sp³-hybridized carbons (Fsp3) is 0.286. The second-order valence-corrected chi connectivity index (χ2v) is 5.23. The first-order valence-electron chi connectivity index (χ1n) is 6.86. The summed E-state index contributed by atoms with van der Waals surface area (Å²) in [7, 11) is 0. The van der Waals surface area contributed by atoms with Crippen LogP contribution in [-0.4, -0.2) is 20.3 Å². The van der Waals surface area contributed by atoms with Crippen molar-refractivity contribution in [3.05, 3.63) is 36.0 Å². The van der Waals surface area contributed by atoms with Crippen molar-refractivity contribution in [2.75, 3.05) is 0 Å². The average molecular weight is 322 g/mol. The number of aromatic nitrogens is 4. The largest absolute Gasteiger partial charge is 0.471 e. The van der Waals surface area contributed by atoms with Crippen molar-refractivity contribution in [1.82, 2.24) is 20.3 Å². The van der Waals surface area contributed by atoms with E-state index in [1.54, 1.807) is 24.3 Å². The number of hydrogen-bond donors (Lipinski definition) is 0. The van der Waals surface area contributed by atoms with Crippen LogP contribution in [0.25, 0.3) is 22.8 Å². The summed E-state index contributed by atoms with van der Waals surface area (Å²) >= 11 is 0. The normalized spacial score (nSPS) is 15.1. The number of nitrogens with zero attached hydrogens (tertiary/aromatic N) is 4. The molecule has 0 N–H and O–H groups in total. The fourth-order valence-electron chi connectivity index (χ4n) is 2.08. The number of alkyl halides is 3. The maximum absolute atomic E-state index is 12.5. The lowest BCUT2D eigenvalue weighted by Crippen LogP contribution is -2.04. The van der Waals surface area contributed by atoms with Crippen molar-refractivity contribution in [2.45, 2.75) is 24.9 Å². The van der Waals surface area contributed by atoms with Gasteiger partial charge in [0.15, 0.2) is 5.82 Å². The van der Waals surface area contributed by atoms with Gasteiger partial charge >= 0.3 is 12.1 Å². The molecule has 23 heavy (non-hydrogen) atoms. The number of hydrogen-bond acceptors (Lipinski definition) is 6. The molecule has 0 saturated heterocycles. The first-order chi connectivity index (χ1) is 11.0. The lowest BCUT2D eigenvalue weighted by atomic mass is 10.1. The molecule has 1 aromatic carbocycles. The molecule has 0 atom stereocenters. The molecule has 1 aliphatic carbocycles. The highest BCUT2D eigenvalue weighted by molar-refractivity contribution is 5.62. The van der Waals surface area contributed by atoms with E-state index in [4.69, 9.17) is 4.52 Å². The van der Waals surface area contributed by atoms with Crippen molar-refractivity contribution >= 4 is 0 Å². The van der Waals surface area contributed by atoms with Gasteiger partial charge < -0.3 is 9.05 Å². The summed E-state index contributed by atoms with van der Waals surface area (Å²) in [5.74, 6) is -0.0536. The van der Waals surface area contributed by atoms with Crippen LogP contribution in [0.15, 0.2) is 33.3 Å². The van der Waals surface area contributed by atoms with E-state index < -0.39 is 12.1 Å². The Hall–Kier alpha value is -2.71. The third-order valence-corrected chi connectivity index (χ3v) is 3.44. The Balaban J connectivity index is 1.58. The Labute approximate surface area is 127 Å². The van der Waals surface area contributed by atoms with Crippen LogP contribution in [-0.2, 0) is 6.18 Å². The highest BCUT2D eigenvalue weighted by atomic mass is 19.4. The Morgan fingerprint density at radius 2 is 1.61 bits per heavy atom. The average Bonchev–Trinajstić information content (AvgIpc) is 3.05. The molecule has 4 rings (SSSR count). The molecule has 0 unspecified atom stereocenters. The number of halogens is 3. The third kappa shape index (κ3) is 2.69. The molecular formula is C14H9F3N4O2. The van der Waals surface area contributed by atoms with Gasteiger partial charge in [0.25, 0.3) is 5.89 Å². The zero-order valence-electron chi connectivity index (χ0n) is 11.5. The van der Waals surface area contributed by atoms with Crippen LogP contribution in [0.2, 0.25) is 0 Å². The van der Waals surface area contributed by atoms with Gasteiger partial charge in [-0.1, -0.05) is 22.4 Å². The summed E-state index contributed by atoms with van der Waals surface area (Å²) in [6.07, 6.45) is -2.53. The molecule has 118 valence electrons. The molecular weight excluding hydrogens is 313 g/mol. The van der Waals surface area contributed by atoms with Gasteiger partial charge in [0.05, 0.1) is 0 Å². The molecule has 1 aliphatic rings. The smallest absolute Gasteiger partial charge is 0.334 e. The topological polar surface area (TPSA) is 77.8 Å². The lowest BCUT2D eigenvalue weighted by molar-refractivity contribution is -0.159. The van der Waals surface area contributed by atoms with E-state index in [-0.39, 0.29) is 5.82 Å². The molecule has 3 aromatic rings. The standard InChI is InChI=1S/C14H9F3N4O2/c15-14(16,17)13-19-11(21-23-13)8-3-5-9(6-4-8)12-18-10(20-22-12)7-1-2-7/h3-7H,1-2H2. The van der Waals surface area contributed by atoms with E-state index in [0.29, 0.717) is 28.8 Å². The van der Waals surface area contributed by atoms with Crippen LogP contribution in [0.4, 0.5) is 13.2 Å². The van der Waals surface area contributed by atoms with Crippen LogP contribution in [0.5, 0.6) is 0 Å². The van der Waals surface area contributed by atoms with Crippen LogP contribution in [0.1, 0.15) is 30.5 Å². The van der Waals surface area contributed by atoms with Gasteiger partial charge in [-0.05, 0) is 25.0 Å². The highest BCUT2D eigenvalue weighted by Crippen LogP contribution is 2.39. The van der Waals surface area contributed by atoms with Gasteiger partial charge in [-0.2, -0.15) is 23.1 Å². The van der Waals surface area contributed by atoms with Crippen LogP contribution in [0, 0.1) is 0 Å². The quantitative estimate of drug-likeness (QED) is 0.732. The van der Waals surface area contributed by atoms with E-state index in [9.17, 15) is 13.2 Å². The summed E-state index contributed by atoms with van der Waals surface area (Å²) in [5.41, 5.74) is 1.07. The summed E-state index contributed by atoms with van der Waals surface area (Å²) in [5, 5.41) is 7.25. The van der Waals surface area contributed by atoms with E-state index in [0.717, 1.165) is 12.8 Å². The zero-order chi connectivity index (χ0) is 16.0. The van der Waals surface area contributed by atoms with Crippen LogP contribution in [0.3, 0.4) is 0 Å². The number of benzene rings is 1. The second-order valence-electron chi connectivity index (χ2n) is 5.23. The van der Waals surface area contributed by atoms with Crippen molar-refractivity contribution in [2.24, 2.45) is 0 Å². The lowest BCUT2D eigenvalue weighted by Gasteiger charge is -1.97. The monoisotopic (exact) mass is 322 g/mol. The van der Waals surface area contributed by atoms with Crippen molar-refractivity contribution in [3.63, 3.8) is 0 Å². The zero-order valence-corrected chi connectivity index (χ0v) is 11.5. The fourth-order valence-corrected chi connectivity index (χ4v) is 2.08. The van der Waals surface area contributed by atoms with Gasteiger partial charge in [0.1, 0.15) is 0 Å². The molecule has 1 fully saturated rings. The molecule has 1 saturated carbocycles. The first kappa shape index (κ1) is 13.9. The van der Waals surface area contributed by atoms with Gasteiger partial charge in [0.2, 0.25) is 5.82 Å². The SMILES string of the molecule is FC(F)(F)c1nc(-c2ccc(-c3nc(C4CC4)no3)cc2)no1. The van der Waals surface area contributed by atoms with Crippen LogP contribution < -0.4 is 0 Å². The Bertz CT molecular complexity index is 834. The van der Waals surface area contributed by atoms with Crippen molar-refractivity contribution < 1.29 is 22.2 Å². The maximum atomic E-state index is 12.5. The van der Waals surface area contributed by atoms with E-state index in [2.05, 4.69) is 24.8 Å². The van der Waals surface area contributed by atoms with E-state index in [1.807, 2.05) is 0 Å². The molecule has 9 heteroatoms. The van der Waals surface area contributed by atoms with Crippen LogP contribution >= 0.6 is 0 Å². The predicted molar refractivity (Wildman–Crippen MR) is 70.0 cm³/mol. The third-order valence-electron chi connectivity index (χ3n) is 3.44. The van der Waals surface area contributed by atoms with Gasteiger partial charge in [-0.3, -0.25) is 0 Å². The van der Waals surface area contributed by atoms with Crippen molar-refractivity contribution in [1.29, 1.82) is 0 Å². The minimum absolute atomic E-state index is 0.131. The van der Waals surface area contributed by atoms with E-state index >= 15 is 0 Å². The summed E-state index contributed by atoms with van der Waals surface area (Å²) in [4.78, 5) is 7.64. The molecule has 2 heterocycles. The second kappa shape index (κ2) is 4.90. The minimum Gasteiger partial charge on any atom is -0.334 e. The molecule has 0 radical (unpaired) electrons.